The second kappa shape index (κ2) is 6.50. The van der Waals surface area contributed by atoms with Gasteiger partial charge in [-0.3, -0.25) is 4.79 Å². The second-order valence-corrected chi connectivity index (χ2v) is 6.60. The Morgan fingerprint density at radius 3 is 2.62 bits per heavy atom. The fourth-order valence-electron chi connectivity index (χ4n) is 3.67. The van der Waals surface area contributed by atoms with Crippen LogP contribution in [-0.4, -0.2) is 18.5 Å². The molecule has 0 unspecified atom stereocenters. The highest BCUT2D eigenvalue weighted by Gasteiger charge is 2.27. The number of carbonyl (C=O) groups is 1. The summed E-state index contributed by atoms with van der Waals surface area (Å²) in [6.07, 6.45) is 7.34. The number of para-hydroxylation sites is 1. The molecule has 2 N–H and O–H groups in total. The molecule has 0 aromatic heterocycles. The van der Waals surface area contributed by atoms with Crippen LogP contribution in [0.1, 0.15) is 44.6 Å². The maximum Gasteiger partial charge on any atom is 0.242 e. The van der Waals surface area contributed by atoms with Crippen molar-refractivity contribution in [2.45, 2.75) is 51.5 Å². The zero-order chi connectivity index (χ0) is 14.7. The summed E-state index contributed by atoms with van der Waals surface area (Å²) in [5.74, 6) is 1.76. The van der Waals surface area contributed by atoms with Crippen molar-refractivity contribution in [1.29, 1.82) is 0 Å². The van der Waals surface area contributed by atoms with Gasteiger partial charge < -0.3 is 10.6 Å². The molecule has 0 bridgehead atoms. The minimum Gasteiger partial charge on any atom is -0.373 e. The maximum absolute atomic E-state index is 12.3. The van der Waals surface area contributed by atoms with Crippen LogP contribution in [0, 0.1) is 11.8 Å². The molecule has 0 saturated heterocycles. The summed E-state index contributed by atoms with van der Waals surface area (Å²) < 4.78 is 0. The summed E-state index contributed by atoms with van der Waals surface area (Å²) in [6.45, 7) is 3.14. The van der Waals surface area contributed by atoms with Gasteiger partial charge in [0.2, 0.25) is 5.91 Å². The Labute approximate surface area is 127 Å². The fourth-order valence-corrected chi connectivity index (χ4v) is 3.67. The van der Waals surface area contributed by atoms with E-state index in [1.165, 1.54) is 37.7 Å². The number of carbonyl (C=O) groups excluding carboxylic acids is 1. The molecule has 1 aliphatic heterocycles. The lowest BCUT2D eigenvalue weighted by Gasteiger charge is -2.28. The van der Waals surface area contributed by atoms with Crippen LogP contribution in [0.5, 0.6) is 0 Å². The van der Waals surface area contributed by atoms with Gasteiger partial charge in [-0.1, -0.05) is 44.4 Å². The molecule has 1 amide bonds. The van der Waals surface area contributed by atoms with E-state index in [9.17, 15) is 4.79 Å². The van der Waals surface area contributed by atoms with Crippen molar-refractivity contribution in [3.05, 3.63) is 29.8 Å². The van der Waals surface area contributed by atoms with Gasteiger partial charge in [-0.25, -0.2) is 0 Å². The minimum atomic E-state index is -0.0885. The van der Waals surface area contributed by atoms with Gasteiger partial charge in [-0.05, 0) is 36.3 Å². The summed E-state index contributed by atoms with van der Waals surface area (Å²) >= 11 is 0. The number of hydrogen-bond donors (Lipinski definition) is 2. The lowest BCUT2D eigenvalue weighted by atomic mass is 9.81. The number of anilines is 1. The molecule has 3 rings (SSSR count). The van der Waals surface area contributed by atoms with E-state index in [0.717, 1.165) is 24.6 Å². The van der Waals surface area contributed by atoms with E-state index >= 15 is 0 Å². The molecule has 0 radical (unpaired) electrons. The highest BCUT2D eigenvalue weighted by atomic mass is 16.2. The van der Waals surface area contributed by atoms with E-state index < -0.39 is 0 Å². The standard InChI is InChI=1S/C18H26N2O/c1-2-13-7-9-14(10-8-13)12-19-18(21)17-11-15-5-3-4-6-16(15)20-17/h3-6,13-14,17,20H,2,7-12H2,1H3,(H,19,21)/t13?,14?,17-/m0/s1. The Morgan fingerprint density at radius 2 is 1.90 bits per heavy atom. The summed E-state index contributed by atoms with van der Waals surface area (Å²) in [5.41, 5.74) is 2.36. The highest BCUT2D eigenvalue weighted by molar-refractivity contribution is 5.87. The van der Waals surface area contributed by atoms with Gasteiger partial charge in [0.15, 0.2) is 0 Å². The monoisotopic (exact) mass is 286 g/mol. The van der Waals surface area contributed by atoms with Gasteiger partial charge in [0.25, 0.3) is 0 Å². The molecule has 21 heavy (non-hydrogen) atoms. The van der Waals surface area contributed by atoms with E-state index in [1.807, 2.05) is 12.1 Å². The van der Waals surface area contributed by atoms with Crippen LogP contribution in [0.25, 0.3) is 0 Å². The third-order valence-electron chi connectivity index (χ3n) is 5.20. The number of fused-ring (bicyclic) bond motifs is 1. The van der Waals surface area contributed by atoms with Gasteiger partial charge in [0.1, 0.15) is 6.04 Å². The lowest BCUT2D eigenvalue weighted by Crippen LogP contribution is -2.41. The number of nitrogens with one attached hydrogen (secondary N) is 2. The molecule has 1 aliphatic carbocycles. The molecule has 1 saturated carbocycles. The largest absolute Gasteiger partial charge is 0.373 e. The van der Waals surface area contributed by atoms with Crippen molar-refractivity contribution in [3.63, 3.8) is 0 Å². The van der Waals surface area contributed by atoms with Crippen LogP contribution in [0.4, 0.5) is 5.69 Å². The normalized spacial score (nSPS) is 27.8. The highest BCUT2D eigenvalue weighted by Crippen LogP contribution is 2.30. The summed E-state index contributed by atoms with van der Waals surface area (Å²) in [7, 11) is 0. The Balaban J connectivity index is 1.44. The lowest BCUT2D eigenvalue weighted by molar-refractivity contribution is -0.121. The number of rotatable bonds is 4. The number of amides is 1. The third-order valence-corrected chi connectivity index (χ3v) is 5.20. The minimum absolute atomic E-state index is 0.0885. The molecule has 114 valence electrons. The van der Waals surface area contributed by atoms with E-state index in [1.54, 1.807) is 0 Å². The Bertz CT molecular complexity index is 467. The van der Waals surface area contributed by atoms with Gasteiger partial charge in [-0.2, -0.15) is 0 Å². The Hall–Kier alpha value is -1.51. The molecule has 1 fully saturated rings. The molecule has 1 atom stereocenters. The average molecular weight is 286 g/mol. The number of hydrogen-bond acceptors (Lipinski definition) is 2. The van der Waals surface area contributed by atoms with E-state index in [0.29, 0.717) is 5.92 Å². The molecule has 3 nitrogen and oxygen atoms in total. The first-order chi connectivity index (χ1) is 10.3. The molecule has 1 heterocycles. The second-order valence-electron chi connectivity index (χ2n) is 6.60. The summed E-state index contributed by atoms with van der Waals surface area (Å²) in [5, 5.41) is 6.49. The first kappa shape index (κ1) is 14.4. The first-order valence-corrected chi connectivity index (χ1v) is 8.38. The molecular formula is C18H26N2O. The van der Waals surface area contributed by atoms with E-state index in [-0.39, 0.29) is 11.9 Å². The van der Waals surface area contributed by atoms with Crippen LogP contribution in [0.15, 0.2) is 24.3 Å². The predicted molar refractivity (Wildman–Crippen MR) is 86.3 cm³/mol. The SMILES string of the molecule is CCC1CCC(CNC(=O)[C@@H]2Cc3ccccc3N2)CC1. The van der Waals surface area contributed by atoms with Crippen molar-refractivity contribution in [1.82, 2.24) is 5.32 Å². The zero-order valence-electron chi connectivity index (χ0n) is 12.9. The number of benzene rings is 1. The molecule has 1 aromatic carbocycles. The van der Waals surface area contributed by atoms with Gasteiger partial charge in [0, 0.05) is 18.7 Å². The molecule has 2 aliphatic rings. The summed E-state index contributed by atoms with van der Waals surface area (Å²) in [4.78, 5) is 12.3. The summed E-state index contributed by atoms with van der Waals surface area (Å²) in [6, 6.07) is 8.11. The molecular weight excluding hydrogens is 260 g/mol. The van der Waals surface area contributed by atoms with Crippen molar-refractivity contribution < 1.29 is 4.79 Å². The smallest absolute Gasteiger partial charge is 0.242 e. The Morgan fingerprint density at radius 1 is 1.19 bits per heavy atom. The van der Waals surface area contributed by atoms with Crippen molar-refractivity contribution in [2.24, 2.45) is 11.8 Å². The topological polar surface area (TPSA) is 41.1 Å². The average Bonchev–Trinajstić information content (AvgIpc) is 2.97. The van der Waals surface area contributed by atoms with Gasteiger partial charge >= 0.3 is 0 Å². The van der Waals surface area contributed by atoms with Crippen LogP contribution in [0.3, 0.4) is 0 Å². The van der Waals surface area contributed by atoms with Crippen molar-refractivity contribution >= 4 is 11.6 Å². The van der Waals surface area contributed by atoms with E-state index in [4.69, 9.17) is 0 Å². The fraction of sp³-hybridized carbons (Fsp3) is 0.611. The van der Waals surface area contributed by atoms with Crippen LogP contribution in [0.2, 0.25) is 0 Å². The predicted octanol–water partition coefficient (Wildman–Crippen LogP) is 3.36. The van der Waals surface area contributed by atoms with Gasteiger partial charge in [0.05, 0.1) is 0 Å². The molecule has 1 aromatic rings. The van der Waals surface area contributed by atoms with Crippen molar-refractivity contribution in [2.75, 3.05) is 11.9 Å². The van der Waals surface area contributed by atoms with Crippen LogP contribution < -0.4 is 10.6 Å². The van der Waals surface area contributed by atoms with Gasteiger partial charge in [-0.15, -0.1) is 0 Å². The molecule has 3 heteroatoms. The third kappa shape index (κ3) is 3.39. The quantitative estimate of drug-likeness (QED) is 0.891. The van der Waals surface area contributed by atoms with Crippen LogP contribution >= 0.6 is 0 Å². The first-order valence-electron chi connectivity index (χ1n) is 8.38. The van der Waals surface area contributed by atoms with Crippen molar-refractivity contribution in [3.8, 4) is 0 Å². The zero-order valence-corrected chi connectivity index (χ0v) is 12.9. The van der Waals surface area contributed by atoms with E-state index in [2.05, 4.69) is 29.7 Å². The Kier molecular flexibility index (Phi) is 4.47. The maximum atomic E-state index is 12.3. The van der Waals surface area contributed by atoms with Crippen LogP contribution in [-0.2, 0) is 11.2 Å². The molecule has 0 spiro atoms.